The highest BCUT2D eigenvalue weighted by atomic mass is 32.1. The van der Waals surface area contributed by atoms with Crippen LogP contribution in [0.25, 0.3) is 21.6 Å². The molecule has 3 heterocycles. The van der Waals surface area contributed by atoms with Gasteiger partial charge in [-0.15, -0.1) is 0 Å². The highest BCUT2D eigenvalue weighted by Gasteiger charge is 2.12. The quantitative estimate of drug-likeness (QED) is 0.795. The van der Waals surface area contributed by atoms with Crippen LogP contribution in [0.2, 0.25) is 0 Å². The Morgan fingerprint density at radius 2 is 2.30 bits per heavy atom. The van der Waals surface area contributed by atoms with Gasteiger partial charge in [-0.3, -0.25) is 0 Å². The van der Waals surface area contributed by atoms with Crippen molar-refractivity contribution in [2.24, 2.45) is 0 Å². The number of fused-ring (bicyclic) bond motifs is 1. The summed E-state index contributed by atoms with van der Waals surface area (Å²) < 4.78 is 0. The number of hydrogen-bond donors (Lipinski definition) is 1. The van der Waals surface area contributed by atoms with Crippen LogP contribution in [0.15, 0.2) is 24.8 Å². The molecule has 3 rings (SSSR count). The third-order valence-corrected chi connectivity index (χ3v) is 4.08. The van der Waals surface area contributed by atoms with Gasteiger partial charge in [0.05, 0.1) is 23.1 Å². The minimum atomic E-state index is 0.487. The third kappa shape index (κ3) is 2.21. The van der Waals surface area contributed by atoms with Gasteiger partial charge in [0.15, 0.2) is 5.13 Å². The van der Waals surface area contributed by atoms with Crippen LogP contribution in [0.5, 0.6) is 0 Å². The number of H-pyrrole nitrogens is 1. The lowest BCUT2D eigenvalue weighted by molar-refractivity contribution is 0.899. The topological polar surface area (TPSA) is 81.5 Å². The smallest absolute Gasteiger partial charge is 0.185 e. The molecule has 0 aliphatic carbocycles. The van der Waals surface area contributed by atoms with E-state index in [-0.39, 0.29) is 0 Å². The number of aromatic nitrogens is 4. The Hall–Kier alpha value is -2.46. The van der Waals surface area contributed by atoms with Crippen LogP contribution in [0.1, 0.15) is 6.42 Å². The van der Waals surface area contributed by atoms with Crippen LogP contribution in [0, 0.1) is 11.3 Å². The van der Waals surface area contributed by atoms with Gasteiger partial charge in [-0.05, 0) is 6.07 Å². The Balaban J connectivity index is 1.94. The largest absolute Gasteiger partial charge is 0.350 e. The first kappa shape index (κ1) is 12.6. The third-order valence-electron chi connectivity index (χ3n) is 2.97. The molecule has 6 nitrogen and oxygen atoms in total. The Morgan fingerprint density at radius 3 is 3.15 bits per heavy atom. The first-order valence-corrected chi connectivity index (χ1v) is 6.93. The molecule has 0 aliphatic heterocycles. The second-order valence-corrected chi connectivity index (χ2v) is 5.31. The summed E-state index contributed by atoms with van der Waals surface area (Å²) in [4.78, 5) is 19.0. The maximum absolute atomic E-state index is 8.63. The lowest BCUT2D eigenvalue weighted by Gasteiger charge is -2.12. The van der Waals surface area contributed by atoms with Gasteiger partial charge in [-0.2, -0.15) is 5.26 Å². The Morgan fingerprint density at radius 1 is 1.40 bits per heavy atom. The van der Waals surface area contributed by atoms with Crippen molar-refractivity contribution in [2.45, 2.75) is 6.42 Å². The zero-order valence-corrected chi connectivity index (χ0v) is 11.7. The van der Waals surface area contributed by atoms with E-state index >= 15 is 0 Å². The monoisotopic (exact) mass is 284 g/mol. The van der Waals surface area contributed by atoms with Crippen LogP contribution >= 0.6 is 11.3 Å². The molecule has 3 aromatic rings. The van der Waals surface area contributed by atoms with E-state index in [4.69, 9.17) is 5.26 Å². The minimum absolute atomic E-state index is 0.487. The Labute approximate surface area is 119 Å². The summed E-state index contributed by atoms with van der Waals surface area (Å²) in [7, 11) is 1.94. The second-order valence-electron chi connectivity index (χ2n) is 4.30. The van der Waals surface area contributed by atoms with Crippen LogP contribution in [0.4, 0.5) is 5.13 Å². The second kappa shape index (κ2) is 5.27. The summed E-state index contributed by atoms with van der Waals surface area (Å²) in [5.41, 5.74) is 1.71. The van der Waals surface area contributed by atoms with Gasteiger partial charge >= 0.3 is 0 Å². The predicted octanol–water partition coefficient (Wildman–Crippen LogP) is 2.43. The molecule has 0 spiro atoms. The van der Waals surface area contributed by atoms with Gasteiger partial charge in [0.2, 0.25) is 0 Å². The molecule has 0 bridgehead atoms. The highest BCUT2D eigenvalue weighted by Crippen LogP contribution is 2.32. The van der Waals surface area contributed by atoms with E-state index in [1.165, 1.54) is 0 Å². The van der Waals surface area contributed by atoms with Crippen molar-refractivity contribution >= 4 is 27.5 Å². The molecule has 100 valence electrons. The number of hydrogen-bond acceptors (Lipinski definition) is 6. The van der Waals surface area contributed by atoms with Crippen LogP contribution in [-0.2, 0) is 0 Å². The van der Waals surface area contributed by atoms with Crippen molar-refractivity contribution in [3.63, 3.8) is 0 Å². The molecule has 0 amide bonds. The molecule has 0 radical (unpaired) electrons. The first-order valence-electron chi connectivity index (χ1n) is 6.12. The molecular formula is C13H12N6S. The molecule has 20 heavy (non-hydrogen) atoms. The van der Waals surface area contributed by atoms with Crippen LogP contribution in [0.3, 0.4) is 0 Å². The van der Waals surface area contributed by atoms with Gasteiger partial charge in [0.25, 0.3) is 0 Å². The van der Waals surface area contributed by atoms with Crippen molar-refractivity contribution in [3.8, 4) is 16.6 Å². The first-order chi connectivity index (χ1) is 9.79. The average molecular weight is 284 g/mol. The fourth-order valence-electron chi connectivity index (χ4n) is 1.93. The van der Waals surface area contributed by atoms with Crippen LogP contribution in [-0.4, -0.2) is 33.5 Å². The van der Waals surface area contributed by atoms with E-state index in [1.54, 1.807) is 17.7 Å². The number of thiazole rings is 1. The zero-order chi connectivity index (χ0) is 13.9. The average Bonchev–Trinajstić information content (AvgIpc) is 3.12. The van der Waals surface area contributed by atoms with Crippen LogP contribution < -0.4 is 4.90 Å². The molecule has 3 aromatic heterocycles. The summed E-state index contributed by atoms with van der Waals surface area (Å²) in [5.74, 6) is 0. The van der Waals surface area contributed by atoms with E-state index in [0.717, 1.165) is 26.7 Å². The lowest BCUT2D eigenvalue weighted by atomic mass is 10.2. The number of nitrogens with one attached hydrogen (secondary N) is 1. The summed E-state index contributed by atoms with van der Waals surface area (Å²) in [5, 5.41) is 10.5. The van der Waals surface area contributed by atoms with Crippen molar-refractivity contribution in [3.05, 3.63) is 24.8 Å². The molecule has 0 atom stereocenters. The van der Waals surface area contributed by atoms with Crippen molar-refractivity contribution < 1.29 is 0 Å². The summed E-state index contributed by atoms with van der Waals surface area (Å²) in [6, 6.07) is 4.10. The van der Waals surface area contributed by atoms with Gasteiger partial charge in [0.1, 0.15) is 12.0 Å². The van der Waals surface area contributed by atoms with Gasteiger partial charge in [0, 0.05) is 31.4 Å². The van der Waals surface area contributed by atoms with E-state index in [2.05, 4.69) is 26.0 Å². The maximum Gasteiger partial charge on any atom is 0.185 e. The summed E-state index contributed by atoms with van der Waals surface area (Å²) >= 11 is 1.56. The Bertz CT molecular complexity index is 768. The van der Waals surface area contributed by atoms with Gasteiger partial charge in [-0.1, -0.05) is 11.3 Å². The highest BCUT2D eigenvalue weighted by molar-refractivity contribution is 7.19. The molecular weight excluding hydrogens is 272 g/mol. The molecule has 1 N–H and O–H groups in total. The molecule has 0 aromatic carbocycles. The summed E-state index contributed by atoms with van der Waals surface area (Å²) in [6.07, 6.45) is 5.70. The van der Waals surface area contributed by atoms with Crippen molar-refractivity contribution in [1.82, 2.24) is 19.9 Å². The summed E-state index contributed by atoms with van der Waals surface area (Å²) in [6.45, 7) is 0.673. The van der Waals surface area contributed by atoms with Crippen molar-refractivity contribution in [1.29, 1.82) is 5.26 Å². The number of nitriles is 1. The lowest BCUT2D eigenvalue weighted by Crippen LogP contribution is -2.17. The normalized spacial score (nSPS) is 10.6. The molecule has 0 saturated carbocycles. The van der Waals surface area contributed by atoms with Gasteiger partial charge < -0.3 is 9.88 Å². The molecule has 0 aliphatic rings. The van der Waals surface area contributed by atoms with E-state index < -0.39 is 0 Å². The fourth-order valence-corrected chi connectivity index (χ4v) is 2.85. The molecule has 0 unspecified atom stereocenters. The molecule has 0 saturated heterocycles. The molecule has 0 fully saturated rings. The number of anilines is 1. The predicted molar refractivity (Wildman–Crippen MR) is 78.5 cm³/mol. The number of aromatic amines is 1. The number of rotatable bonds is 4. The van der Waals surface area contributed by atoms with E-state index in [9.17, 15) is 0 Å². The van der Waals surface area contributed by atoms with Gasteiger partial charge in [-0.25, -0.2) is 15.0 Å². The van der Waals surface area contributed by atoms with E-state index in [1.807, 2.05) is 30.4 Å². The van der Waals surface area contributed by atoms with Crippen molar-refractivity contribution in [2.75, 3.05) is 18.5 Å². The minimum Gasteiger partial charge on any atom is -0.350 e. The standard InChI is InChI=1S/C13H12N6S/c1-19(6-2-4-14)13-16-7-10(20-13)11-9-3-5-15-12(9)18-8-17-11/h3,5,7-8H,2,6H2,1H3,(H,15,17,18). The Kier molecular flexibility index (Phi) is 3.31. The van der Waals surface area contributed by atoms with E-state index in [0.29, 0.717) is 13.0 Å². The fraction of sp³-hybridized carbons (Fsp3) is 0.231. The zero-order valence-electron chi connectivity index (χ0n) is 10.9. The SMILES string of the molecule is CN(CCC#N)c1ncc(-c2ncnc3[nH]ccc23)s1. The number of nitrogens with zero attached hydrogens (tertiary/aromatic N) is 5. The molecule has 7 heteroatoms. The maximum atomic E-state index is 8.63.